The van der Waals surface area contributed by atoms with E-state index in [2.05, 4.69) is 5.32 Å². The lowest BCUT2D eigenvalue weighted by Gasteiger charge is -2.19. The van der Waals surface area contributed by atoms with Crippen molar-refractivity contribution in [2.24, 2.45) is 0 Å². The van der Waals surface area contributed by atoms with Gasteiger partial charge in [0.25, 0.3) is 0 Å². The van der Waals surface area contributed by atoms with Gasteiger partial charge in [0.15, 0.2) is 0 Å². The molecule has 1 spiro atoms. The number of carbonyl (C=O) groups is 1. The van der Waals surface area contributed by atoms with E-state index in [0.29, 0.717) is 6.61 Å². The van der Waals surface area contributed by atoms with Crippen molar-refractivity contribution in [1.29, 1.82) is 0 Å². The van der Waals surface area contributed by atoms with Crippen LogP contribution in [0.3, 0.4) is 0 Å². The highest BCUT2D eigenvalue weighted by molar-refractivity contribution is 6.09. The highest BCUT2D eigenvalue weighted by Crippen LogP contribution is 2.49. The number of carbonyl (C=O) groups excluding carboxylic acids is 1. The zero-order valence-corrected chi connectivity index (χ0v) is 9.64. The second-order valence-corrected chi connectivity index (χ2v) is 4.69. The van der Waals surface area contributed by atoms with E-state index >= 15 is 0 Å². The van der Waals surface area contributed by atoms with Crippen LogP contribution in [0.5, 0.6) is 5.75 Å². The predicted molar refractivity (Wildman–Crippen MR) is 67.8 cm³/mol. The number of fused-ring (bicyclic) bond motifs is 4. The van der Waals surface area contributed by atoms with Crippen molar-refractivity contribution in [3.8, 4) is 5.75 Å². The fourth-order valence-corrected chi connectivity index (χ4v) is 2.94. The maximum Gasteiger partial charge on any atom is 0.243 e. The highest BCUT2D eigenvalue weighted by atomic mass is 16.5. The van der Waals surface area contributed by atoms with Gasteiger partial charge < -0.3 is 10.1 Å². The lowest BCUT2D eigenvalue weighted by molar-refractivity contribution is -0.119. The van der Waals surface area contributed by atoms with Gasteiger partial charge in [0, 0.05) is 11.3 Å². The molecule has 0 bridgehead atoms. The van der Waals surface area contributed by atoms with Crippen LogP contribution >= 0.6 is 0 Å². The van der Waals surface area contributed by atoms with Gasteiger partial charge >= 0.3 is 0 Å². The first-order valence-corrected chi connectivity index (χ1v) is 5.96. The average Bonchev–Trinajstić information content (AvgIpc) is 2.92. The summed E-state index contributed by atoms with van der Waals surface area (Å²) in [5.74, 6) is 0.818. The van der Waals surface area contributed by atoms with E-state index in [0.717, 1.165) is 22.6 Å². The van der Waals surface area contributed by atoms with Crippen LogP contribution in [0, 0.1) is 0 Å². The number of benzene rings is 2. The molecule has 3 nitrogen and oxygen atoms in total. The summed E-state index contributed by atoms with van der Waals surface area (Å²) in [4.78, 5) is 12.4. The van der Waals surface area contributed by atoms with Crippen LogP contribution in [0.1, 0.15) is 11.1 Å². The van der Waals surface area contributed by atoms with Gasteiger partial charge in [0.2, 0.25) is 5.91 Å². The van der Waals surface area contributed by atoms with Crippen molar-refractivity contribution >= 4 is 11.6 Å². The average molecular weight is 237 g/mol. The summed E-state index contributed by atoms with van der Waals surface area (Å²) in [5, 5.41) is 2.95. The number of anilines is 1. The molecule has 4 rings (SSSR count). The molecule has 88 valence electrons. The molecule has 2 heterocycles. The number of hydrogen-bond acceptors (Lipinski definition) is 2. The Labute approximate surface area is 104 Å². The molecule has 1 N–H and O–H groups in total. The number of ether oxygens (including phenoxy) is 1. The Morgan fingerprint density at radius 3 is 2.61 bits per heavy atom. The van der Waals surface area contributed by atoms with Gasteiger partial charge in [-0.3, -0.25) is 4.79 Å². The summed E-state index contributed by atoms with van der Waals surface area (Å²) in [6.07, 6.45) is 0. The second-order valence-electron chi connectivity index (χ2n) is 4.69. The number of rotatable bonds is 0. The molecule has 0 aliphatic carbocycles. The van der Waals surface area contributed by atoms with Crippen LogP contribution in [-0.4, -0.2) is 12.5 Å². The van der Waals surface area contributed by atoms with Crippen molar-refractivity contribution in [2.75, 3.05) is 11.9 Å². The van der Waals surface area contributed by atoms with E-state index in [1.54, 1.807) is 0 Å². The Bertz CT molecular complexity index is 652. The Morgan fingerprint density at radius 2 is 1.72 bits per heavy atom. The maximum absolute atomic E-state index is 12.4. The minimum Gasteiger partial charge on any atom is -0.491 e. The third kappa shape index (κ3) is 0.973. The fraction of sp³-hybridized carbons (Fsp3) is 0.133. The molecule has 0 unspecified atom stereocenters. The first-order chi connectivity index (χ1) is 8.82. The van der Waals surface area contributed by atoms with Crippen LogP contribution < -0.4 is 10.1 Å². The van der Waals surface area contributed by atoms with Crippen LogP contribution in [-0.2, 0) is 10.2 Å². The molecule has 2 aromatic rings. The molecule has 1 amide bonds. The predicted octanol–water partition coefficient (Wildman–Crippen LogP) is 2.32. The van der Waals surface area contributed by atoms with Crippen molar-refractivity contribution in [3.05, 3.63) is 59.7 Å². The smallest absolute Gasteiger partial charge is 0.243 e. The Morgan fingerprint density at radius 1 is 1.00 bits per heavy atom. The van der Waals surface area contributed by atoms with Gasteiger partial charge in [0.05, 0.1) is 0 Å². The van der Waals surface area contributed by atoms with Gasteiger partial charge in [-0.1, -0.05) is 36.4 Å². The van der Waals surface area contributed by atoms with Gasteiger partial charge in [-0.05, 0) is 17.7 Å². The lowest BCUT2D eigenvalue weighted by atomic mass is 9.77. The molecule has 0 saturated heterocycles. The van der Waals surface area contributed by atoms with E-state index in [1.807, 2.05) is 48.5 Å². The molecular formula is C15H11NO2. The minimum absolute atomic E-state index is 0.00801. The molecule has 0 saturated carbocycles. The van der Waals surface area contributed by atoms with E-state index in [9.17, 15) is 4.79 Å². The van der Waals surface area contributed by atoms with E-state index in [-0.39, 0.29) is 5.91 Å². The molecule has 0 fully saturated rings. The van der Waals surface area contributed by atoms with Gasteiger partial charge in [-0.2, -0.15) is 0 Å². The molecule has 3 heteroatoms. The first-order valence-electron chi connectivity index (χ1n) is 5.96. The van der Waals surface area contributed by atoms with Crippen molar-refractivity contribution in [3.63, 3.8) is 0 Å². The summed E-state index contributed by atoms with van der Waals surface area (Å²) in [5.41, 5.74) is 2.21. The number of nitrogens with one attached hydrogen (secondary N) is 1. The quantitative estimate of drug-likeness (QED) is 0.763. The second kappa shape index (κ2) is 3.13. The van der Waals surface area contributed by atoms with Crippen LogP contribution in [0.2, 0.25) is 0 Å². The zero-order chi connectivity index (χ0) is 12.2. The topological polar surface area (TPSA) is 38.3 Å². The van der Waals surface area contributed by atoms with E-state index < -0.39 is 5.41 Å². The Hall–Kier alpha value is -2.29. The third-order valence-electron chi connectivity index (χ3n) is 3.81. The first kappa shape index (κ1) is 9.71. The van der Waals surface area contributed by atoms with Crippen molar-refractivity contribution in [2.45, 2.75) is 5.41 Å². The van der Waals surface area contributed by atoms with Crippen LogP contribution in [0.4, 0.5) is 5.69 Å². The minimum atomic E-state index is -0.660. The number of para-hydroxylation sites is 2. The van der Waals surface area contributed by atoms with Crippen molar-refractivity contribution < 1.29 is 9.53 Å². The van der Waals surface area contributed by atoms with Crippen LogP contribution in [0.25, 0.3) is 0 Å². The molecule has 0 aromatic heterocycles. The largest absolute Gasteiger partial charge is 0.491 e. The summed E-state index contributed by atoms with van der Waals surface area (Å²) in [6, 6.07) is 15.6. The van der Waals surface area contributed by atoms with E-state index in [4.69, 9.17) is 4.74 Å². The SMILES string of the molecule is O=C1Nc2ccccc2[C@]12COc1ccccc12. The third-order valence-corrected chi connectivity index (χ3v) is 3.81. The Balaban J connectivity index is 2.04. The Kier molecular flexibility index (Phi) is 1.69. The summed E-state index contributed by atoms with van der Waals surface area (Å²) >= 11 is 0. The van der Waals surface area contributed by atoms with Crippen molar-refractivity contribution in [1.82, 2.24) is 0 Å². The molecule has 18 heavy (non-hydrogen) atoms. The summed E-state index contributed by atoms with van der Waals surface area (Å²) in [6.45, 7) is 0.384. The van der Waals surface area contributed by atoms with Crippen LogP contribution in [0.15, 0.2) is 48.5 Å². The standard InChI is InChI=1S/C15H11NO2/c17-14-15(10-5-1-3-7-12(10)16-14)9-18-13-8-4-2-6-11(13)15/h1-8H,9H2,(H,16,17)/t15-/m0/s1. The van der Waals surface area contributed by atoms with Gasteiger partial charge in [-0.25, -0.2) is 0 Å². The maximum atomic E-state index is 12.4. The fourth-order valence-electron chi connectivity index (χ4n) is 2.94. The monoisotopic (exact) mass is 237 g/mol. The zero-order valence-electron chi connectivity index (χ0n) is 9.64. The molecule has 2 aromatic carbocycles. The lowest BCUT2D eigenvalue weighted by Crippen LogP contribution is -2.37. The van der Waals surface area contributed by atoms with Gasteiger partial charge in [-0.15, -0.1) is 0 Å². The highest BCUT2D eigenvalue weighted by Gasteiger charge is 2.53. The van der Waals surface area contributed by atoms with E-state index in [1.165, 1.54) is 0 Å². The summed E-state index contributed by atoms with van der Waals surface area (Å²) < 4.78 is 5.70. The number of amides is 1. The molecular weight excluding hydrogens is 226 g/mol. The summed E-state index contributed by atoms with van der Waals surface area (Å²) in [7, 11) is 0. The van der Waals surface area contributed by atoms with Gasteiger partial charge in [0.1, 0.15) is 17.8 Å². The molecule has 1 atom stereocenters. The molecule has 2 aliphatic heterocycles. The number of hydrogen-bond donors (Lipinski definition) is 1. The molecule has 2 aliphatic rings. The normalized spacial score (nSPS) is 23.4. The molecule has 0 radical (unpaired) electrons.